The maximum absolute atomic E-state index is 13.1. The van der Waals surface area contributed by atoms with Crippen LogP contribution in [0.25, 0.3) is 10.9 Å². The number of likely N-dealkylation sites (N-methyl/N-ethyl adjacent to an activating group) is 1. The molecule has 2 heterocycles. The fourth-order valence-corrected chi connectivity index (χ4v) is 4.97. The highest BCUT2D eigenvalue weighted by Gasteiger charge is 2.20. The fourth-order valence-electron chi connectivity index (χ4n) is 3.93. The summed E-state index contributed by atoms with van der Waals surface area (Å²) in [7, 11) is 3.82. The van der Waals surface area contributed by atoms with E-state index in [9.17, 15) is 4.79 Å². The van der Waals surface area contributed by atoms with Crippen LogP contribution in [0.5, 0.6) is 5.75 Å². The Morgan fingerprint density at radius 1 is 1.12 bits per heavy atom. The molecule has 32 heavy (non-hydrogen) atoms. The Hall–Kier alpha value is -2.48. The molecule has 0 unspecified atom stereocenters. The molecule has 0 saturated carbocycles. The zero-order valence-corrected chi connectivity index (χ0v) is 19.9. The van der Waals surface area contributed by atoms with E-state index in [1.54, 1.807) is 18.9 Å². The number of aromatic amines is 1. The zero-order valence-electron chi connectivity index (χ0n) is 19.1. The largest absolute Gasteiger partial charge is 0.497 e. The molecule has 0 bridgehead atoms. The monoisotopic (exact) mass is 452 g/mol. The first-order valence-corrected chi connectivity index (χ1v) is 12.0. The van der Waals surface area contributed by atoms with Crippen LogP contribution in [0.1, 0.15) is 22.5 Å². The number of aryl methyl sites for hydroxylation is 1. The number of ether oxygens (including phenoxy) is 1. The van der Waals surface area contributed by atoms with Gasteiger partial charge in [0.1, 0.15) is 11.4 Å². The zero-order chi connectivity index (χ0) is 22.5. The van der Waals surface area contributed by atoms with Crippen LogP contribution in [0.3, 0.4) is 0 Å². The number of methoxy groups -OCH3 is 1. The van der Waals surface area contributed by atoms with E-state index >= 15 is 0 Å². The quantitative estimate of drug-likeness (QED) is 0.506. The number of carbonyl (C=O) groups is 1. The van der Waals surface area contributed by atoms with Crippen molar-refractivity contribution in [2.45, 2.75) is 23.1 Å². The highest BCUT2D eigenvalue weighted by atomic mass is 32.2. The average molecular weight is 453 g/mol. The SMILES string of the molecule is COc1ccc2c(Sc3ccc(C)cc3)c(C(=O)NCCCN3CCN(C)CC3)[nH]c2c1. The van der Waals surface area contributed by atoms with Crippen molar-refractivity contribution < 1.29 is 9.53 Å². The van der Waals surface area contributed by atoms with Crippen LogP contribution in [0.4, 0.5) is 0 Å². The Bertz CT molecular complexity index is 1060. The van der Waals surface area contributed by atoms with Crippen molar-refractivity contribution in [3.8, 4) is 5.75 Å². The molecule has 0 atom stereocenters. The van der Waals surface area contributed by atoms with Gasteiger partial charge in [0.2, 0.25) is 0 Å². The summed E-state index contributed by atoms with van der Waals surface area (Å²) in [6, 6.07) is 14.3. The molecule has 0 radical (unpaired) electrons. The molecule has 2 aromatic carbocycles. The third-order valence-corrected chi connectivity index (χ3v) is 7.09. The van der Waals surface area contributed by atoms with E-state index in [1.807, 2.05) is 18.2 Å². The molecular formula is C25H32N4O2S. The van der Waals surface area contributed by atoms with Gasteiger partial charge in [0.05, 0.1) is 17.5 Å². The van der Waals surface area contributed by atoms with Gasteiger partial charge >= 0.3 is 0 Å². The predicted molar refractivity (Wildman–Crippen MR) is 131 cm³/mol. The number of amides is 1. The second-order valence-corrected chi connectivity index (χ2v) is 9.49. The van der Waals surface area contributed by atoms with E-state index in [1.165, 1.54) is 5.56 Å². The van der Waals surface area contributed by atoms with Gasteiger partial charge in [-0.15, -0.1) is 0 Å². The van der Waals surface area contributed by atoms with Crippen LogP contribution in [0.2, 0.25) is 0 Å². The van der Waals surface area contributed by atoms with Crippen LogP contribution >= 0.6 is 11.8 Å². The van der Waals surface area contributed by atoms with Crippen molar-refractivity contribution in [3.05, 3.63) is 53.7 Å². The number of benzene rings is 2. The summed E-state index contributed by atoms with van der Waals surface area (Å²) in [5, 5.41) is 4.15. The van der Waals surface area contributed by atoms with Crippen LogP contribution in [-0.4, -0.2) is 74.1 Å². The number of aromatic nitrogens is 1. The number of hydrogen-bond acceptors (Lipinski definition) is 5. The van der Waals surface area contributed by atoms with E-state index in [4.69, 9.17) is 4.74 Å². The van der Waals surface area contributed by atoms with Crippen molar-refractivity contribution >= 4 is 28.6 Å². The molecule has 1 aliphatic heterocycles. The molecule has 1 saturated heterocycles. The molecule has 1 amide bonds. The summed E-state index contributed by atoms with van der Waals surface area (Å²) in [4.78, 5) is 23.3. The average Bonchev–Trinajstić information content (AvgIpc) is 3.16. The standard InChI is InChI=1S/C25H32N4O2S/c1-18-5-8-20(9-6-18)32-24-21-10-7-19(31-3)17-22(21)27-23(24)25(30)26-11-4-12-29-15-13-28(2)14-16-29/h5-10,17,27H,4,11-16H2,1-3H3,(H,26,30). The second-order valence-electron chi connectivity index (χ2n) is 8.41. The van der Waals surface area contributed by atoms with Gasteiger partial charge in [-0.25, -0.2) is 0 Å². The first-order chi connectivity index (χ1) is 15.5. The molecule has 1 aromatic heterocycles. The Morgan fingerprint density at radius 3 is 2.59 bits per heavy atom. The van der Waals surface area contributed by atoms with Crippen molar-refractivity contribution in [2.75, 3.05) is 53.4 Å². The van der Waals surface area contributed by atoms with Crippen LogP contribution in [-0.2, 0) is 0 Å². The van der Waals surface area contributed by atoms with Crippen molar-refractivity contribution in [2.24, 2.45) is 0 Å². The third kappa shape index (κ3) is 5.46. The number of hydrogen-bond donors (Lipinski definition) is 2. The van der Waals surface area contributed by atoms with E-state index in [0.717, 1.165) is 65.6 Å². The Kier molecular flexibility index (Phi) is 7.40. The van der Waals surface area contributed by atoms with Crippen LogP contribution < -0.4 is 10.1 Å². The lowest BCUT2D eigenvalue weighted by atomic mass is 10.2. The van der Waals surface area contributed by atoms with Crippen LogP contribution in [0, 0.1) is 6.92 Å². The summed E-state index contributed by atoms with van der Waals surface area (Å²) in [6.45, 7) is 8.20. The van der Waals surface area contributed by atoms with E-state index in [0.29, 0.717) is 12.2 Å². The number of nitrogens with one attached hydrogen (secondary N) is 2. The number of nitrogens with zero attached hydrogens (tertiary/aromatic N) is 2. The van der Waals surface area contributed by atoms with Gasteiger partial charge in [-0.05, 0) is 51.2 Å². The number of carbonyl (C=O) groups excluding carboxylic acids is 1. The van der Waals surface area contributed by atoms with Crippen molar-refractivity contribution in [1.29, 1.82) is 0 Å². The Labute approximate surface area is 194 Å². The molecule has 0 spiro atoms. The van der Waals surface area contributed by atoms with Gasteiger partial charge in [-0.3, -0.25) is 4.79 Å². The predicted octanol–water partition coefficient (Wildman–Crippen LogP) is 4.00. The smallest absolute Gasteiger partial charge is 0.268 e. The van der Waals surface area contributed by atoms with Crippen molar-refractivity contribution in [3.63, 3.8) is 0 Å². The molecule has 0 aliphatic carbocycles. The fraction of sp³-hybridized carbons (Fsp3) is 0.400. The molecule has 1 fully saturated rings. The maximum atomic E-state index is 13.1. The van der Waals surface area contributed by atoms with Gasteiger partial charge in [-0.1, -0.05) is 29.5 Å². The van der Waals surface area contributed by atoms with Crippen molar-refractivity contribution in [1.82, 2.24) is 20.1 Å². The number of fused-ring (bicyclic) bond motifs is 1. The second kappa shape index (κ2) is 10.4. The highest BCUT2D eigenvalue weighted by Crippen LogP contribution is 2.38. The number of piperazine rings is 1. The van der Waals surface area contributed by atoms with E-state index < -0.39 is 0 Å². The Morgan fingerprint density at radius 2 is 1.88 bits per heavy atom. The molecule has 2 N–H and O–H groups in total. The summed E-state index contributed by atoms with van der Waals surface area (Å²) < 4.78 is 5.37. The Balaban J connectivity index is 1.47. The summed E-state index contributed by atoms with van der Waals surface area (Å²) in [6.07, 6.45) is 0.948. The lowest BCUT2D eigenvalue weighted by Crippen LogP contribution is -2.45. The first kappa shape index (κ1) is 22.7. The van der Waals surface area contributed by atoms with E-state index in [2.05, 4.69) is 58.3 Å². The maximum Gasteiger partial charge on any atom is 0.268 e. The van der Waals surface area contributed by atoms with Gasteiger partial charge < -0.3 is 24.8 Å². The highest BCUT2D eigenvalue weighted by molar-refractivity contribution is 7.99. The minimum atomic E-state index is -0.0619. The molecular weight excluding hydrogens is 420 g/mol. The molecule has 3 aromatic rings. The minimum Gasteiger partial charge on any atom is -0.497 e. The normalized spacial score (nSPS) is 15.2. The van der Waals surface area contributed by atoms with Gasteiger partial charge in [0.15, 0.2) is 0 Å². The molecule has 4 rings (SSSR count). The third-order valence-electron chi connectivity index (χ3n) is 5.96. The lowest BCUT2D eigenvalue weighted by molar-refractivity contribution is 0.0942. The summed E-state index contributed by atoms with van der Waals surface area (Å²) >= 11 is 1.62. The molecule has 7 heteroatoms. The van der Waals surface area contributed by atoms with Gasteiger partial charge in [-0.2, -0.15) is 0 Å². The van der Waals surface area contributed by atoms with Crippen LogP contribution in [0.15, 0.2) is 52.3 Å². The molecule has 1 aliphatic rings. The van der Waals surface area contributed by atoms with Gasteiger partial charge in [0, 0.05) is 49.1 Å². The number of H-pyrrole nitrogens is 1. The first-order valence-electron chi connectivity index (χ1n) is 11.2. The summed E-state index contributed by atoms with van der Waals surface area (Å²) in [5.41, 5.74) is 2.73. The van der Waals surface area contributed by atoms with Gasteiger partial charge in [0.25, 0.3) is 5.91 Å². The molecule has 170 valence electrons. The summed E-state index contributed by atoms with van der Waals surface area (Å²) in [5.74, 6) is 0.706. The number of rotatable bonds is 8. The topological polar surface area (TPSA) is 60.6 Å². The minimum absolute atomic E-state index is 0.0619. The van der Waals surface area contributed by atoms with E-state index in [-0.39, 0.29) is 5.91 Å². The lowest BCUT2D eigenvalue weighted by Gasteiger charge is -2.32. The molecule has 6 nitrogen and oxygen atoms in total.